The molecule has 1 aromatic carbocycles. The predicted molar refractivity (Wildman–Crippen MR) is 123 cm³/mol. The van der Waals surface area contributed by atoms with E-state index in [-0.39, 0.29) is 41.3 Å². The number of nitrogens with zero attached hydrogens (tertiary/aromatic N) is 5. The summed E-state index contributed by atoms with van der Waals surface area (Å²) in [5.41, 5.74) is 12.3. The molecular weight excluding hydrogens is 468 g/mol. The van der Waals surface area contributed by atoms with E-state index in [2.05, 4.69) is 25.3 Å². The number of carbonyl (C=O) groups is 3. The number of halogens is 1. The van der Waals surface area contributed by atoms with Gasteiger partial charge >= 0.3 is 11.9 Å². The first-order chi connectivity index (χ1) is 16.1. The van der Waals surface area contributed by atoms with E-state index in [9.17, 15) is 19.5 Å². The second-order valence-electron chi connectivity index (χ2n) is 7.22. The highest BCUT2D eigenvalue weighted by molar-refractivity contribution is 6.21. The van der Waals surface area contributed by atoms with E-state index in [1.54, 1.807) is 24.1 Å². The predicted octanol–water partition coefficient (Wildman–Crippen LogP) is 1.01. The van der Waals surface area contributed by atoms with Gasteiger partial charge in [0.15, 0.2) is 17.0 Å². The zero-order valence-electron chi connectivity index (χ0n) is 17.8. The number of hydrogen-bond donors (Lipinski definition) is 5. The highest BCUT2D eigenvalue weighted by atomic mass is 35.5. The van der Waals surface area contributed by atoms with Crippen LogP contribution in [0.2, 0.25) is 0 Å². The van der Waals surface area contributed by atoms with Crippen LogP contribution in [-0.4, -0.2) is 61.1 Å². The largest absolute Gasteiger partial charge is 0.481 e. The van der Waals surface area contributed by atoms with Gasteiger partial charge in [0.25, 0.3) is 5.91 Å². The number of rotatable bonds is 9. The molecule has 2 atom stereocenters. The van der Waals surface area contributed by atoms with Gasteiger partial charge in [0.05, 0.1) is 11.9 Å². The van der Waals surface area contributed by atoms with E-state index >= 15 is 0 Å². The monoisotopic (exact) mass is 488 g/mol. The summed E-state index contributed by atoms with van der Waals surface area (Å²) in [6.07, 6.45) is 0.814. The Morgan fingerprint density at radius 1 is 1.12 bits per heavy atom. The third-order valence-electron chi connectivity index (χ3n) is 4.84. The molecule has 0 aliphatic rings. The molecule has 0 aliphatic carbocycles. The Morgan fingerprint density at radius 2 is 1.79 bits per heavy atom. The molecule has 2 heterocycles. The maximum Gasteiger partial charge on any atom is 0.326 e. The van der Waals surface area contributed by atoms with Gasteiger partial charge in [-0.3, -0.25) is 9.59 Å². The summed E-state index contributed by atoms with van der Waals surface area (Å²) in [5, 5.41) is 20.3. The molecule has 0 saturated heterocycles. The zero-order valence-corrected chi connectivity index (χ0v) is 18.6. The topological polar surface area (TPSA) is 211 Å². The number of aromatic nitrogens is 4. The van der Waals surface area contributed by atoms with Crippen molar-refractivity contribution >= 4 is 58.1 Å². The fraction of sp³-hybridized carbons (Fsp3) is 0.250. The summed E-state index contributed by atoms with van der Waals surface area (Å²) in [4.78, 5) is 52.5. The molecule has 13 nitrogen and oxygen atoms in total. The number of benzene rings is 1. The van der Waals surface area contributed by atoms with Gasteiger partial charge in [0.1, 0.15) is 11.5 Å². The molecule has 0 radical (unpaired) electrons. The fourth-order valence-electron chi connectivity index (χ4n) is 3.02. The van der Waals surface area contributed by atoms with Crippen LogP contribution in [-0.2, 0) is 9.59 Å². The molecular formula is C20H21ClN8O5. The van der Waals surface area contributed by atoms with Gasteiger partial charge in [-0.15, -0.1) is 0 Å². The quantitative estimate of drug-likeness (QED) is 0.211. The zero-order chi connectivity index (χ0) is 25.0. The summed E-state index contributed by atoms with van der Waals surface area (Å²) in [6.45, 7) is 0. The lowest BCUT2D eigenvalue weighted by molar-refractivity contribution is -0.140. The lowest BCUT2D eigenvalue weighted by Crippen LogP contribution is -2.41. The number of alkyl halides is 1. The van der Waals surface area contributed by atoms with Crippen molar-refractivity contribution in [1.29, 1.82) is 0 Å². The summed E-state index contributed by atoms with van der Waals surface area (Å²) < 4.78 is 0. The van der Waals surface area contributed by atoms with Crippen molar-refractivity contribution in [2.75, 3.05) is 23.4 Å². The molecule has 2 aromatic heterocycles. The number of carbonyl (C=O) groups excluding carboxylic acids is 1. The van der Waals surface area contributed by atoms with E-state index in [0.717, 1.165) is 0 Å². The summed E-state index contributed by atoms with van der Waals surface area (Å²) in [7, 11) is 1.70. The maximum absolute atomic E-state index is 12.4. The van der Waals surface area contributed by atoms with Gasteiger partial charge in [-0.1, -0.05) is 11.6 Å². The van der Waals surface area contributed by atoms with Crippen LogP contribution in [0.25, 0.3) is 11.2 Å². The van der Waals surface area contributed by atoms with Gasteiger partial charge in [0, 0.05) is 24.7 Å². The van der Waals surface area contributed by atoms with E-state index in [1.165, 1.54) is 18.3 Å². The lowest BCUT2D eigenvalue weighted by atomic mass is 10.1. The molecule has 178 valence electrons. The first kappa shape index (κ1) is 24.4. The highest BCUT2D eigenvalue weighted by Crippen LogP contribution is 2.29. The Kier molecular flexibility index (Phi) is 7.26. The number of aliphatic carboxylic acids is 2. The molecule has 1 amide bonds. The fourth-order valence-corrected chi connectivity index (χ4v) is 3.24. The maximum atomic E-state index is 12.4. The number of hydrogen-bond acceptors (Lipinski definition) is 10. The second-order valence-corrected chi connectivity index (χ2v) is 7.64. The smallest absolute Gasteiger partial charge is 0.326 e. The second kappa shape index (κ2) is 10.1. The molecule has 3 aromatic rings. The SMILES string of the molecule is CN(c1ccc(C(=O)N[C@@H](CCC(=O)O)C(=O)O)cc1)C(Cl)c1cnc2nc(N)nc(N)c2n1. The molecule has 0 saturated carbocycles. The molecule has 1 unspecified atom stereocenters. The molecule has 0 spiro atoms. The van der Waals surface area contributed by atoms with E-state index < -0.39 is 29.4 Å². The third kappa shape index (κ3) is 5.56. The third-order valence-corrected chi connectivity index (χ3v) is 5.36. The highest BCUT2D eigenvalue weighted by Gasteiger charge is 2.22. The Morgan fingerprint density at radius 3 is 2.41 bits per heavy atom. The normalized spacial score (nSPS) is 12.6. The van der Waals surface area contributed by atoms with E-state index in [0.29, 0.717) is 11.4 Å². The van der Waals surface area contributed by atoms with Crippen LogP contribution >= 0.6 is 11.6 Å². The Hall–Kier alpha value is -4.26. The van der Waals surface area contributed by atoms with Crippen LogP contribution in [0.1, 0.15) is 34.4 Å². The number of nitrogen functional groups attached to an aromatic ring is 2. The Labute approximate surface area is 197 Å². The minimum Gasteiger partial charge on any atom is -0.481 e. The van der Waals surface area contributed by atoms with Crippen molar-refractivity contribution in [3.05, 3.63) is 41.7 Å². The van der Waals surface area contributed by atoms with Gasteiger partial charge in [-0.05, 0) is 30.7 Å². The van der Waals surface area contributed by atoms with Crippen LogP contribution in [0.5, 0.6) is 0 Å². The van der Waals surface area contributed by atoms with Crippen LogP contribution < -0.4 is 21.7 Å². The molecule has 14 heteroatoms. The van der Waals surface area contributed by atoms with Crippen LogP contribution in [0.3, 0.4) is 0 Å². The van der Waals surface area contributed by atoms with E-state index in [4.69, 9.17) is 28.2 Å². The molecule has 0 bridgehead atoms. The van der Waals surface area contributed by atoms with Crippen molar-refractivity contribution in [2.45, 2.75) is 24.4 Å². The number of carboxylic acids is 2. The average Bonchev–Trinajstić information content (AvgIpc) is 2.80. The van der Waals surface area contributed by atoms with Crippen molar-refractivity contribution in [3.8, 4) is 0 Å². The number of amides is 1. The average molecular weight is 489 g/mol. The summed E-state index contributed by atoms with van der Waals surface area (Å²) in [5.74, 6) is -3.07. The van der Waals surface area contributed by atoms with Gasteiger partial charge in [-0.25, -0.2) is 14.8 Å². The van der Waals surface area contributed by atoms with Gasteiger partial charge < -0.3 is 31.9 Å². The molecule has 7 N–H and O–H groups in total. The summed E-state index contributed by atoms with van der Waals surface area (Å²) >= 11 is 6.57. The molecule has 3 rings (SSSR count). The van der Waals surface area contributed by atoms with E-state index in [1.807, 2.05) is 0 Å². The lowest BCUT2D eigenvalue weighted by Gasteiger charge is -2.25. The molecule has 34 heavy (non-hydrogen) atoms. The Balaban J connectivity index is 1.73. The molecule has 0 aliphatic heterocycles. The Bertz CT molecular complexity index is 1240. The summed E-state index contributed by atoms with van der Waals surface area (Å²) in [6, 6.07) is 4.88. The van der Waals surface area contributed by atoms with Gasteiger partial charge in [-0.2, -0.15) is 9.97 Å². The number of nitrogens with two attached hydrogens (primary N) is 2. The minimum absolute atomic E-state index is 0.0210. The number of carboxylic acid groups (broad SMARTS) is 2. The van der Waals surface area contributed by atoms with Crippen molar-refractivity contribution in [3.63, 3.8) is 0 Å². The van der Waals surface area contributed by atoms with Crippen LogP contribution in [0.15, 0.2) is 30.5 Å². The number of anilines is 3. The first-order valence-corrected chi connectivity index (χ1v) is 10.3. The number of fused-ring (bicyclic) bond motifs is 1. The van der Waals surface area contributed by atoms with Crippen LogP contribution in [0, 0.1) is 0 Å². The van der Waals surface area contributed by atoms with Crippen molar-refractivity contribution in [2.24, 2.45) is 0 Å². The standard InChI is InChI=1S/C20H21ClN8O5/c1-29(15(21)12-8-24-17-14(25-12)16(22)27-20(23)28-17)10-4-2-9(3-5-10)18(32)26-11(19(33)34)6-7-13(30)31/h2-5,8,11,15H,6-7H2,1H3,(H,26,32)(H,30,31)(H,33,34)(H4,22,23,24,27,28)/t11-,15?/m0/s1. The molecule has 0 fully saturated rings. The first-order valence-electron chi connectivity index (χ1n) is 9.85. The van der Waals surface area contributed by atoms with Gasteiger partial charge in [0.2, 0.25) is 5.95 Å². The number of nitrogens with one attached hydrogen (secondary N) is 1. The van der Waals surface area contributed by atoms with Crippen molar-refractivity contribution < 1.29 is 24.6 Å². The van der Waals surface area contributed by atoms with Crippen LogP contribution in [0.4, 0.5) is 17.5 Å². The minimum atomic E-state index is -1.32. The van der Waals surface area contributed by atoms with Crippen molar-refractivity contribution in [1.82, 2.24) is 25.3 Å².